The summed E-state index contributed by atoms with van der Waals surface area (Å²) in [6, 6.07) is 13.8. The lowest BCUT2D eigenvalue weighted by Gasteiger charge is -2.35. The number of imide groups is 1. The topological polar surface area (TPSA) is 74.8 Å². The minimum atomic E-state index is -1.10. The van der Waals surface area contributed by atoms with Gasteiger partial charge in [0.25, 0.3) is 17.7 Å². The van der Waals surface area contributed by atoms with Gasteiger partial charge in [0.1, 0.15) is 6.04 Å². The van der Waals surface area contributed by atoms with Crippen molar-refractivity contribution >= 4 is 35.1 Å². The van der Waals surface area contributed by atoms with E-state index in [1.54, 1.807) is 48.5 Å². The molecule has 1 saturated heterocycles. The summed E-state index contributed by atoms with van der Waals surface area (Å²) in [6.07, 6.45) is 4.22. The Hall–Kier alpha value is -3.25. The lowest BCUT2D eigenvalue weighted by molar-refractivity contribution is -0.156. The molecule has 0 N–H and O–H groups in total. The van der Waals surface area contributed by atoms with E-state index in [-0.39, 0.29) is 22.3 Å². The second-order valence-electron chi connectivity index (χ2n) is 8.18. The first-order chi connectivity index (χ1) is 15.3. The van der Waals surface area contributed by atoms with E-state index in [0.29, 0.717) is 12.0 Å². The van der Waals surface area contributed by atoms with Crippen LogP contribution in [0.5, 0.6) is 0 Å². The molecule has 0 spiro atoms. The first kappa shape index (κ1) is 22.0. The summed E-state index contributed by atoms with van der Waals surface area (Å²) in [5, 5.41) is 2.05. The van der Waals surface area contributed by atoms with Crippen LogP contribution >= 0.6 is 11.6 Å². The van der Waals surface area contributed by atoms with Gasteiger partial charge in [0.05, 0.1) is 22.4 Å². The molecule has 2 aromatic carbocycles. The van der Waals surface area contributed by atoms with Gasteiger partial charge >= 0.3 is 0 Å². The van der Waals surface area contributed by atoms with Gasteiger partial charge in [0, 0.05) is 5.56 Å². The van der Waals surface area contributed by atoms with Gasteiger partial charge < -0.3 is 0 Å². The van der Waals surface area contributed by atoms with Crippen LogP contribution in [0.3, 0.4) is 0 Å². The van der Waals surface area contributed by atoms with Crippen LogP contribution in [0, 0.1) is 17.8 Å². The average Bonchev–Trinajstić information content (AvgIpc) is 3.05. The molecule has 164 valence electrons. The molecular formula is C25H23ClN2O4. The van der Waals surface area contributed by atoms with Gasteiger partial charge in [-0.25, -0.2) is 5.01 Å². The molecule has 1 aliphatic heterocycles. The fourth-order valence-electron chi connectivity index (χ4n) is 4.50. The summed E-state index contributed by atoms with van der Waals surface area (Å²) in [5.74, 6) is -3.25. The Balaban J connectivity index is 1.78. The normalized spacial score (nSPS) is 23.1. The number of hydrogen-bond acceptors (Lipinski definition) is 4. The van der Waals surface area contributed by atoms with Crippen LogP contribution in [0.1, 0.15) is 41.0 Å². The van der Waals surface area contributed by atoms with E-state index >= 15 is 0 Å². The first-order valence-electron chi connectivity index (χ1n) is 10.5. The Labute approximate surface area is 191 Å². The molecule has 2 aliphatic rings. The van der Waals surface area contributed by atoms with Gasteiger partial charge in [-0.3, -0.25) is 19.2 Å². The smallest absolute Gasteiger partial charge is 0.275 e. The number of carbonyl (C=O) groups is 4. The van der Waals surface area contributed by atoms with E-state index in [1.807, 2.05) is 19.1 Å². The summed E-state index contributed by atoms with van der Waals surface area (Å²) >= 11 is 6.26. The Kier molecular flexibility index (Phi) is 5.98. The van der Waals surface area contributed by atoms with E-state index in [4.69, 9.17) is 11.6 Å². The largest absolute Gasteiger partial charge is 0.292 e. The fourth-order valence-corrected chi connectivity index (χ4v) is 4.71. The van der Waals surface area contributed by atoms with Crippen molar-refractivity contribution in [2.75, 3.05) is 0 Å². The molecule has 0 radical (unpaired) electrons. The average molecular weight is 451 g/mol. The van der Waals surface area contributed by atoms with Crippen molar-refractivity contribution in [1.82, 2.24) is 10.0 Å². The maximum absolute atomic E-state index is 13.6. The summed E-state index contributed by atoms with van der Waals surface area (Å²) in [7, 11) is 0. The van der Waals surface area contributed by atoms with Crippen molar-refractivity contribution in [1.29, 1.82) is 0 Å². The number of amides is 3. The number of hydrazine groups is 1. The van der Waals surface area contributed by atoms with Crippen molar-refractivity contribution in [3.63, 3.8) is 0 Å². The van der Waals surface area contributed by atoms with Crippen molar-refractivity contribution in [2.45, 2.75) is 26.3 Å². The third-order valence-corrected chi connectivity index (χ3v) is 6.51. The molecule has 0 saturated carbocycles. The predicted octanol–water partition coefficient (Wildman–Crippen LogP) is 4.17. The fraction of sp³-hybridized carbons (Fsp3) is 0.280. The lowest BCUT2D eigenvalue weighted by atomic mass is 9.78. The SMILES string of the molecule is C[C@@H]1C=CC[C@@H]2C(=O)N(N(C(=O)c3ccccc3Cl)[C@@H](C)C(=O)c3ccccc3)C(=O)[C@@H]12. The zero-order chi connectivity index (χ0) is 23.0. The van der Waals surface area contributed by atoms with Crippen LogP contribution in [0.25, 0.3) is 0 Å². The van der Waals surface area contributed by atoms with E-state index in [2.05, 4.69) is 0 Å². The number of halogens is 1. The Morgan fingerprint density at radius 2 is 1.69 bits per heavy atom. The van der Waals surface area contributed by atoms with Gasteiger partial charge in [0.15, 0.2) is 5.78 Å². The van der Waals surface area contributed by atoms with Gasteiger partial charge in [-0.2, -0.15) is 5.01 Å². The maximum atomic E-state index is 13.6. The Bertz CT molecular complexity index is 1110. The summed E-state index contributed by atoms with van der Waals surface area (Å²) < 4.78 is 0. The number of rotatable bonds is 5. The van der Waals surface area contributed by atoms with E-state index in [9.17, 15) is 19.2 Å². The molecule has 3 amide bonds. The van der Waals surface area contributed by atoms with E-state index in [0.717, 1.165) is 10.0 Å². The molecule has 2 aromatic rings. The lowest BCUT2D eigenvalue weighted by Crippen LogP contribution is -2.56. The maximum Gasteiger partial charge on any atom is 0.275 e. The number of hydrogen-bond donors (Lipinski definition) is 0. The quantitative estimate of drug-likeness (QED) is 0.389. The summed E-state index contributed by atoms with van der Waals surface area (Å²) in [6.45, 7) is 3.40. The number of nitrogens with zero attached hydrogens (tertiary/aromatic N) is 2. The molecule has 7 heteroatoms. The molecule has 4 atom stereocenters. The number of fused-ring (bicyclic) bond motifs is 1. The zero-order valence-corrected chi connectivity index (χ0v) is 18.5. The number of benzene rings is 2. The van der Waals surface area contributed by atoms with Gasteiger partial charge in [-0.05, 0) is 31.4 Å². The number of ketones is 1. The molecule has 4 rings (SSSR count). The molecular weight excluding hydrogens is 428 g/mol. The molecule has 1 aliphatic carbocycles. The van der Waals surface area contributed by atoms with Crippen LogP contribution in [0.15, 0.2) is 66.7 Å². The number of Topliss-reactive ketones (excluding diaryl/α,β-unsaturated/α-hetero) is 1. The highest BCUT2D eigenvalue weighted by atomic mass is 35.5. The first-order valence-corrected chi connectivity index (χ1v) is 10.9. The number of carbonyl (C=O) groups excluding carboxylic acids is 4. The minimum absolute atomic E-state index is 0.114. The second-order valence-corrected chi connectivity index (χ2v) is 8.59. The van der Waals surface area contributed by atoms with Gasteiger partial charge in [-0.15, -0.1) is 0 Å². The number of allylic oxidation sites excluding steroid dienone is 2. The third-order valence-electron chi connectivity index (χ3n) is 6.18. The van der Waals surface area contributed by atoms with Crippen LogP contribution in [-0.2, 0) is 9.59 Å². The van der Waals surface area contributed by atoms with Crippen molar-refractivity contribution < 1.29 is 19.2 Å². The van der Waals surface area contributed by atoms with Crippen LogP contribution < -0.4 is 0 Å². The predicted molar refractivity (Wildman–Crippen MR) is 120 cm³/mol. The monoisotopic (exact) mass is 450 g/mol. The summed E-state index contributed by atoms with van der Waals surface area (Å²) in [5.41, 5.74) is 0.493. The summed E-state index contributed by atoms with van der Waals surface area (Å²) in [4.78, 5) is 53.7. The highest BCUT2D eigenvalue weighted by Gasteiger charge is 2.54. The molecule has 6 nitrogen and oxygen atoms in total. The molecule has 0 unspecified atom stereocenters. The molecule has 1 heterocycles. The van der Waals surface area contributed by atoms with Crippen molar-refractivity contribution in [3.8, 4) is 0 Å². The van der Waals surface area contributed by atoms with Crippen LogP contribution in [0.4, 0.5) is 0 Å². The van der Waals surface area contributed by atoms with Gasteiger partial charge in [-0.1, -0.05) is 73.1 Å². The van der Waals surface area contributed by atoms with Crippen molar-refractivity contribution in [3.05, 3.63) is 82.9 Å². The van der Waals surface area contributed by atoms with Gasteiger partial charge in [0.2, 0.25) is 0 Å². The molecule has 1 fully saturated rings. The van der Waals surface area contributed by atoms with Crippen molar-refractivity contribution in [2.24, 2.45) is 17.8 Å². The molecule has 0 aromatic heterocycles. The standard InChI is InChI=1S/C25H23ClN2O4/c1-15-9-8-13-19-21(15)25(32)28(24(19)31)27(23(30)18-12-6-7-14-20(18)26)16(2)22(29)17-10-4-3-5-11-17/h3-12,14-16,19,21H,13H2,1-2H3/t15-,16+,19+,21+/m1/s1. The Morgan fingerprint density at radius 3 is 2.34 bits per heavy atom. The van der Waals surface area contributed by atoms with E-state index in [1.165, 1.54) is 13.0 Å². The van der Waals surface area contributed by atoms with Crippen LogP contribution in [0.2, 0.25) is 5.02 Å². The zero-order valence-electron chi connectivity index (χ0n) is 17.8. The second kappa shape index (κ2) is 8.71. The Morgan fingerprint density at radius 1 is 1.03 bits per heavy atom. The minimum Gasteiger partial charge on any atom is -0.292 e. The third kappa shape index (κ3) is 3.65. The highest BCUT2D eigenvalue weighted by Crippen LogP contribution is 2.40. The van der Waals surface area contributed by atoms with E-state index < -0.39 is 35.6 Å². The van der Waals surface area contributed by atoms with Crippen LogP contribution in [-0.4, -0.2) is 39.6 Å². The molecule has 32 heavy (non-hydrogen) atoms. The molecule has 0 bridgehead atoms. The highest BCUT2D eigenvalue weighted by molar-refractivity contribution is 6.34.